The van der Waals surface area contributed by atoms with Gasteiger partial charge < -0.3 is 4.98 Å². The zero-order chi connectivity index (χ0) is 16.4. The van der Waals surface area contributed by atoms with Crippen molar-refractivity contribution in [3.05, 3.63) is 59.9 Å². The number of carbonyl (C=O) groups excluding carboxylic acids is 1. The summed E-state index contributed by atoms with van der Waals surface area (Å²) in [4.78, 5) is 18.5. The average molecular weight is 329 g/mol. The van der Waals surface area contributed by atoms with E-state index in [1.54, 1.807) is 6.33 Å². The highest BCUT2D eigenvalue weighted by Crippen LogP contribution is 2.14. The maximum Gasteiger partial charge on any atom is 0.240 e. The average Bonchev–Trinajstić information content (AvgIpc) is 3.01. The number of carbonyl (C=O) groups is 1. The molecule has 3 rings (SSSR count). The van der Waals surface area contributed by atoms with Gasteiger partial charge in [0, 0.05) is 12.1 Å². The van der Waals surface area contributed by atoms with Crippen LogP contribution in [0.3, 0.4) is 0 Å². The largest absolute Gasteiger partial charge is 0.345 e. The highest BCUT2D eigenvalue weighted by atomic mass is 32.2. The highest BCUT2D eigenvalue weighted by Gasteiger charge is 2.14. The number of imidazole rings is 1. The third-order valence-corrected chi connectivity index (χ3v) is 4.94. The molecular weight excluding hydrogens is 314 g/mol. The Kier molecular flexibility index (Phi) is 3.97. The van der Waals surface area contributed by atoms with Crippen LogP contribution in [0.1, 0.15) is 22.8 Å². The fraction of sp³-hybridized carbons (Fsp3) is 0.125. The van der Waals surface area contributed by atoms with Gasteiger partial charge in [-0.2, -0.15) is 0 Å². The van der Waals surface area contributed by atoms with Crippen LogP contribution in [0.5, 0.6) is 0 Å². The Morgan fingerprint density at radius 1 is 1.17 bits per heavy atom. The topological polar surface area (TPSA) is 91.9 Å². The van der Waals surface area contributed by atoms with Crippen LogP contribution in [0.25, 0.3) is 11.0 Å². The molecule has 0 unspecified atom stereocenters. The van der Waals surface area contributed by atoms with Crippen LogP contribution in [0.4, 0.5) is 0 Å². The summed E-state index contributed by atoms with van der Waals surface area (Å²) in [6, 6.07) is 11.4. The minimum absolute atomic E-state index is 0.102. The first kappa shape index (κ1) is 15.4. The van der Waals surface area contributed by atoms with E-state index in [0.717, 1.165) is 16.6 Å². The molecule has 1 aromatic heterocycles. The number of sulfonamides is 1. The van der Waals surface area contributed by atoms with Crippen molar-refractivity contribution >= 4 is 26.8 Å². The zero-order valence-electron chi connectivity index (χ0n) is 12.4. The monoisotopic (exact) mass is 329 g/mol. The predicted octanol–water partition coefficient (Wildman–Crippen LogP) is 2.24. The lowest BCUT2D eigenvalue weighted by atomic mass is 10.2. The molecule has 7 heteroatoms. The van der Waals surface area contributed by atoms with E-state index in [-0.39, 0.29) is 17.2 Å². The van der Waals surface area contributed by atoms with E-state index in [9.17, 15) is 13.2 Å². The number of hydrogen-bond acceptors (Lipinski definition) is 4. The first-order valence-corrected chi connectivity index (χ1v) is 8.47. The third-order valence-electron chi connectivity index (χ3n) is 3.52. The van der Waals surface area contributed by atoms with E-state index >= 15 is 0 Å². The first-order valence-electron chi connectivity index (χ1n) is 6.98. The number of H-pyrrole nitrogens is 1. The summed E-state index contributed by atoms with van der Waals surface area (Å²) in [5, 5.41) is 0. The van der Waals surface area contributed by atoms with Crippen molar-refractivity contribution in [3.8, 4) is 0 Å². The first-order chi connectivity index (χ1) is 11.0. The molecule has 0 atom stereocenters. The van der Waals surface area contributed by atoms with Gasteiger partial charge in [0.1, 0.15) is 0 Å². The number of Topliss-reactive ketones (excluding diaryl/α,β-unsaturated/α-hetero) is 1. The maximum absolute atomic E-state index is 12.3. The Balaban J connectivity index is 1.76. The molecule has 0 bridgehead atoms. The van der Waals surface area contributed by atoms with Gasteiger partial charge in [-0.3, -0.25) is 4.79 Å². The number of fused-ring (bicyclic) bond motifs is 1. The van der Waals surface area contributed by atoms with E-state index in [2.05, 4.69) is 14.7 Å². The minimum atomic E-state index is -3.63. The van der Waals surface area contributed by atoms with Crippen LogP contribution in [0.2, 0.25) is 0 Å². The van der Waals surface area contributed by atoms with Crippen molar-refractivity contribution in [2.24, 2.45) is 0 Å². The molecule has 2 N–H and O–H groups in total. The van der Waals surface area contributed by atoms with Crippen molar-refractivity contribution in [1.29, 1.82) is 0 Å². The van der Waals surface area contributed by atoms with E-state index in [1.807, 2.05) is 18.2 Å². The number of nitrogens with one attached hydrogen (secondary N) is 2. The van der Waals surface area contributed by atoms with Crippen LogP contribution in [0.15, 0.2) is 53.7 Å². The van der Waals surface area contributed by atoms with Gasteiger partial charge in [0.05, 0.1) is 22.3 Å². The molecule has 0 saturated carbocycles. The smallest absolute Gasteiger partial charge is 0.240 e. The van der Waals surface area contributed by atoms with Crippen LogP contribution in [-0.4, -0.2) is 24.2 Å². The lowest BCUT2D eigenvalue weighted by Gasteiger charge is -2.07. The van der Waals surface area contributed by atoms with Gasteiger partial charge in [-0.05, 0) is 36.8 Å². The second-order valence-corrected chi connectivity index (χ2v) is 6.93. The fourth-order valence-electron chi connectivity index (χ4n) is 2.22. The fourth-order valence-corrected chi connectivity index (χ4v) is 3.24. The van der Waals surface area contributed by atoms with E-state index in [4.69, 9.17) is 0 Å². The number of rotatable bonds is 5. The molecule has 23 heavy (non-hydrogen) atoms. The van der Waals surface area contributed by atoms with E-state index < -0.39 is 10.0 Å². The third kappa shape index (κ3) is 3.30. The Bertz CT molecular complexity index is 960. The molecule has 0 aliphatic heterocycles. The molecule has 1 heterocycles. The Morgan fingerprint density at radius 2 is 1.91 bits per heavy atom. The standard InChI is InChI=1S/C16H15N3O3S/c1-11(20)13-3-5-14(6-4-13)23(21,22)19-9-12-2-7-15-16(8-12)18-10-17-15/h2-8,10,19H,9H2,1H3,(H,17,18). The van der Waals surface area contributed by atoms with Gasteiger partial charge in [0.2, 0.25) is 10.0 Å². The zero-order valence-corrected chi connectivity index (χ0v) is 13.2. The molecule has 2 aromatic carbocycles. The molecule has 0 radical (unpaired) electrons. The van der Waals surface area contributed by atoms with Crippen molar-refractivity contribution in [2.45, 2.75) is 18.4 Å². The van der Waals surface area contributed by atoms with Gasteiger partial charge in [-0.15, -0.1) is 0 Å². The molecular formula is C16H15N3O3S. The number of hydrogen-bond donors (Lipinski definition) is 2. The van der Waals surface area contributed by atoms with Gasteiger partial charge >= 0.3 is 0 Å². The summed E-state index contributed by atoms with van der Waals surface area (Å²) in [6.45, 7) is 1.61. The Morgan fingerprint density at radius 3 is 2.61 bits per heavy atom. The summed E-state index contributed by atoms with van der Waals surface area (Å²) in [5.74, 6) is -0.102. The summed E-state index contributed by atoms with van der Waals surface area (Å²) < 4.78 is 27.1. The number of nitrogens with zero attached hydrogens (tertiary/aromatic N) is 1. The molecule has 118 valence electrons. The summed E-state index contributed by atoms with van der Waals surface area (Å²) in [6.07, 6.45) is 1.59. The van der Waals surface area contributed by atoms with Crippen molar-refractivity contribution in [1.82, 2.24) is 14.7 Å². The molecule has 0 amide bonds. The molecule has 0 aliphatic rings. The molecule has 0 aliphatic carbocycles. The van der Waals surface area contributed by atoms with Gasteiger partial charge in [0.15, 0.2) is 5.78 Å². The van der Waals surface area contributed by atoms with Gasteiger partial charge in [-0.1, -0.05) is 18.2 Å². The lowest BCUT2D eigenvalue weighted by Crippen LogP contribution is -2.23. The molecule has 6 nitrogen and oxygen atoms in total. The SMILES string of the molecule is CC(=O)c1ccc(S(=O)(=O)NCc2ccc3nc[nH]c3c2)cc1. The van der Waals surface area contributed by atoms with Gasteiger partial charge in [-0.25, -0.2) is 18.1 Å². The van der Waals surface area contributed by atoms with E-state index in [0.29, 0.717) is 5.56 Å². The van der Waals surface area contributed by atoms with E-state index in [1.165, 1.54) is 31.2 Å². The number of aromatic nitrogens is 2. The minimum Gasteiger partial charge on any atom is -0.345 e. The molecule has 3 aromatic rings. The summed E-state index contributed by atoms with van der Waals surface area (Å²) in [7, 11) is -3.63. The second-order valence-electron chi connectivity index (χ2n) is 5.16. The van der Waals surface area contributed by atoms with Gasteiger partial charge in [0.25, 0.3) is 0 Å². The molecule has 0 saturated heterocycles. The van der Waals surface area contributed by atoms with Crippen LogP contribution < -0.4 is 4.72 Å². The Hall–Kier alpha value is -2.51. The highest BCUT2D eigenvalue weighted by molar-refractivity contribution is 7.89. The van der Waals surface area contributed by atoms with Crippen molar-refractivity contribution in [3.63, 3.8) is 0 Å². The number of benzene rings is 2. The summed E-state index contributed by atoms with van der Waals surface area (Å²) in [5.41, 5.74) is 2.99. The van der Waals surface area contributed by atoms with Crippen LogP contribution in [0, 0.1) is 0 Å². The maximum atomic E-state index is 12.3. The molecule has 0 fully saturated rings. The Labute approximate surface area is 133 Å². The number of ketones is 1. The van der Waals surface area contributed by atoms with Crippen molar-refractivity contribution in [2.75, 3.05) is 0 Å². The quantitative estimate of drug-likeness (QED) is 0.702. The normalized spacial score (nSPS) is 11.7. The van der Waals surface area contributed by atoms with Crippen LogP contribution in [-0.2, 0) is 16.6 Å². The number of aromatic amines is 1. The molecule has 0 spiro atoms. The summed E-state index contributed by atoms with van der Waals surface area (Å²) >= 11 is 0. The predicted molar refractivity (Wildman–Crippen MR) is 86.6 cm³/mol. The van der Waals surface area contributed by atoms with Crippen LogP contribution >= 0.6 is 0 Å². The van der Waals surface area contributed by atoms with Crippen molar-refractivity contribution < 1.29 is 13.2 Å². The lowest BCUT2D eigenvalue weighted by molar-refractivity contribution is 0.101. The second kappa shape index (κ2) is 5.94.